The zero-order valence-corrected chi connectivity index (χ0v) is 47.7. The average Bonchev–Trinajstić information content (AvgIpc) is 1.80. The van der Waals surface area contributed by atoms with E-state index in [4.69, 9.17) is 0 Å². The summed E-state index contributed by atoms with van der Waals surface area (Å²) < 4.78 is 4.88. The van der Waals surface area contributed by atoms with Gasteiger partial charge in [-0.2, -0.15) is 0 Å². The molecule has 0 fully saturated rings. The van der Waals surface area contributed by atoms with Crippen LogP contribution in [0.5, 0.6) is 0 Å². The number of benzene rings is 12. The van der Waals surface area contributed by atoms with Crippen molar-refractivity contribution in [3.8, 4) is 54.5 Å². The highest BCUT2D eigenvalue weighted by Gasteiger charge is 2.51. The molecule has 0 amide bonds. The van der Waals surface area contributed by atoms with E-state index in [9.17, 15) is 0 Å². The predicted molar refractivity (Wildman–Crippen MR) is 364 cm³/mol. The predicted octanol–water partition coefficient (Wildman–Crippen LogP) is 22.3. The van der Waals surface area contributed by atoms with Gasteiger partial charge in [-0.1, -0.05) is 206 Å². The van der Waals surface area contributed by atoms with Crippen LogP contribution in [-0.4, -0.2) is 9.13 Å². The zero-order chi connectivity index (χ0) is 55.7. The van der Waals surface area contributed by atoms with Crippen molar-refractivity contribution in [1.29, 1.82) is 0 Å². The van der Waals surface area contributed by atoms with Crippen molar-refractivity contribution in [1.82, 2.24) is 9.13 Å². The number of hydrogen-bond donors (Lipinski definition) is 0. The summed E-state index contributed by atoms with van der Waals surface area (Å²) in [6.07, 6.45) is 9.23. The first-order chi connectivity index (χ1) is 42.1. The molecule has 0 unspecified atom stereocenters. The molecular formula is C81H50N2S2. The first-order valence-electron chi connectivity index (χ1n) is 29.2. The SMILES string of the molecule is C(=C\c1ccc(-c2ccc3c(c2)c2ccccc2n3-c2cccc3ccccc23)s1)/c1ccc2c(c1)C1(c3ccccc3-c3ccccc31)c1cc(/C=C/c3ccc(-c4ccc5c(c4)c4ccccc4n5-c4cccc5ccccc45)s3)ccc1-2. The van der Waals surface area contributed by atoms with Gasteiger partial charge < -0.3 is 9.13 Å². The molecule has 4 heterocycles. The summed E-state index contributed by atoms with van der Waals surface area (Å²) in [6, 6.07) is 104. The van der Waals surface area contributed by atoms with Crippen LogP contribution in [-0.2, 0) is 5.41 Å². The van der Waals surface area contributed by atoms with E-state index in [1.165, 1.54) is 163 Å². The van der Waals surface area contributed by atoms with Gasteiger partial charge in [-0.15, -0.1) is 22.7 Å². The maximum absolute atomic E-state index is 2.47. The third kappa shape index (κ3) is 7.29. The lowest BCUT2D eigenvalue weighted by Crippen LogP contribution is -2.26. The lowest BCUT2D eigenvalue weighted by Gasteiger charge is -2.30. The Kier molecular flexibility index (Phi) is 10.7. The van der Waals surface area contributed by atoms with Gasteiger partial charge >= 0.3 is 0 Å². The number of fused-ring (bicyclic) bond motifs is 18. The highest BCUT2D eigenvalue weighted by atomic mass is 32.1. The van der Waals surface area contributed by atoms with Crippen LogP contribution in [0.25, 0.3) is 144 Å². The van der Waals surface area contributed by atoms with E-state index in [0.717, 1.165) is 0 Å². The van der Waals surface area contributed by atoms with Gasteiger partial charge in [0.05, 0.1) is 38.9 Å². The van der Waals surface area contributed by atoms with E-state index < -0.39 is 5.41 Å². The molecule has 2 aliphatic rings. The highest BCUT2D eigenvalue weighted by Crippen LogP contribution is 2.63. The van der Waals surface area contributed by atoms with E-state index in [-0.39, 0.29) is 0 Å². The molecule has 0 saturated carbocycles. The van der Waals surface area contributed by atoms with E-state index >= 15 is 0 Å². The van der Waals surface area contributed by atoms with Crippen LogP contribution in [0.15, 0.2) is 279 Å². The van der Waals surface area contributed by atoms with Gasteiger partial charge in [0.15, 0.2) is 0 Å². The van der Waals surface area contributed by atoms with Gasteiger partial charge in [0.2, 0.25) is 0 Å². The fourth-order valence-corrected chi connectivity index (χ4v) is 16.3. The fraction of sp³-hybridized carbons (Fsp3) is 0.0123. The van der Waals surface area contributed by atoms with E-state index in [1.807, 2.05) is 22.7 Å². The number of aromatic nitrogens is 2. The Morgan fingerprint density at radius 2 is 0.671 bits per heavy atom. The quantitative estimate of drug-likeness (QED) is 0.144. The minimum Gasteiger partial charge on any atom is -0.309 e. The number of para-hydroxylation sites is 2. The number of rotatable bonds is 8. The van der Waals surface area contributed by atoms with Crippen molar-refractivity contribution in [2.75, 3.05) is 0 Å². The molecule has 0 aliphatic heterocycles. The summed E-state index contributed by atoms with van der Waals surface area (Å²) >= 11 is 3.69. The van der Waals surface area contributed by atoms with Crippen LogP contribution in [0, 0.1) is 0 Å². The lowest BCUT2D eigenvalue weighted by molar-refractivity contribution is 0.793. The highest BCUT2D eigenvalue weighted by molar-refractivity contribution is 7.16. The fourth-order valence-electron chi connectivity index (χ4n) is 14.5. The standard InChI is InChI=1S/C81H50N2S2/c1-3-19-59-53(15-1)17-13-29-73(59)82-75-27-11-7-23-65(75)67-49-55(35-43-77(67)82)79-45-39-57(84-79)37-31-51-33-41-63-64-42-34-52(48-72(64)81(71(63)47-51)69-25-9-5-21-61(69)62-22-6-10-26-70(62)81)32-38-58-40-46-80(85-58)56-36-44-78-68(50-56)66-24-8-12-28-76(66)83(78)74-30-14-18-54-16-2-4-20-60(54)74/h1-50H/b37-31+,38-32+. The molecule has 4 aromatic heterocycles. The molecule has 1 spiro atoms. The summed E-state index contributed by atoms with van der Waals surface area (Å²) in [5.41, 5.74) is 22.2. The second-order valence-corrected chi connectivity index (χ2v) is 24.9. The molecule has 2 nitrogen and oxygen atoms in total. The maximum atomic E-state index is 2.47. The van der Waals surface area contributed by atoms with E-state index in [2.05, 4.69) is 312 Å². The van der Waals surface area contributed by atoms with Crippen molar-refractivity contribution in [2.45, 2.75) is 5.41 Å². The molecule has 2 aliphatic carbocycles. The van der Waals surface area contributed by atoms with Crippen LogP contribution in [0.1, 0.15) is 43.1 Å². The number of hydrogen-bond acceptors (Lipinski definition) is 2. The minimum atomic E-state index is -0.470. The van der Waals surface area contributed by atoms with Gasteiger partial charge in [0.1, 0.15) is 0 Å². The van der Waals surface area contributed by atoms with Crippen molar-refractivity contribution in [2.24, 2.45) is 0 Å². The average molecular weight is 1120 g/mol. The van der Waals surface area contributed by atoms with Crippen LogP contribution < -0.4 is 0 Å². The number of nitrogens with zero attached hydrogens (tertiary/aromatic N) is 2. The third-order valence-corrected chi connectivity index (χ3v) is 20.4. The van der Waals surface area contributed by atoms with Gasteiger partial charge in [-0.25, -0.2) is 0 Å². The second-order valence-electron chi connectivity index (χ2n) is 22.7. The summed E-state index contributed by atoms with van der Waals surface area (Å²) in [4.78, 5) is 4.96. The third-order valence-electron chi connectivity index (χ3n) is 18.2. The molecule has 0 saturated heterocycles. The molecule has 18 rings (SSSR count). The van der Waals surface area contributed by atoms with Gasteiger partial charge in [-0.05, 0) is 175 Å². The van der Waals surface area contributed by atoms with Gasteiger partial charge in [-0.3, -0.25) is 0 Å². The smallest absolute Gasteiger partial charge is 0.0725 e. The van der Waals surface area contributed by atoms with Crippen molar-refractivity contribution in [3.05, 3.63) is 322 Å². The molecule has 0 atom stereocenters. The Balaban J connectivity index is 0.673. The normalized spacial score (nSPS) is 13.2. The first kappa shape index (κ1) is 48.2. The molecule has 4 heteroatoms. The summed E-state index contributed by atoms with van der Waals surface area (Å²) in [6.45, 7) is 0. The lowest BCUT2D eigenvalue weighted by atomic mass is 9.70. The maximum Gasteiger partial charge on any atom is 0.0725 e. The van der Waals surface area contributed by atoms with E-state index in [1.54, 1.807) is 0 Å². The molecule has 0 bridgehead atoms. The van der Waals surface area contributed by atoms with Crippen LogP contribution in [0.4, 0.5) is 0 Å². The molecule has 396 valence electrons. The summed E-state index contributed by atoms with van der Waals surface area (Å²) in [5.74, 6) is 0. The zero-order valence-electron chi connectivity index (χ0n) is 46.1. The van der Waals surface area contributed by atoms with Crippen molar-refractivity contribution in [3.63, 3.8) is 0 Å². The first-order valence-corrected chi connectivity index (χ1v) is 30.8. The molecule has 85 heavy (non-hydrogen) atoms. The monoisotopic (exact) mass is 1110 g/mol. The Labute approximate surface area is 500 Å². The van der Waals surface area contributed by atoms with Gasteiger partial charge in [0.25, 0.3) is 0 Å². The molecular weight excluding hydrogens is 1070 g/mol. The molecule has 12 aromatic carbocycles. The Morgan fingerprint density at radius 1 is 0.271 bits per heavy atom. The second kappa shape index (κ2) is 18.8. The van der Waals surface area contributed by atoms with Crippen LogP contribution >= 0.6 is 22.7 Å². The van der Waals surface area contributed by atoms with Crippen LogP contribution in [0.3, 0.4) is 0 Å². The molecule has 0 radical (unpaired) electrons. The van der Waals surface area contributed by atoms with Crippen LogP contribution in [0.2, 0.25) is 0 Å². The minimum absolute atomic E-state index is 0.470. The summed E-state index contributed by atoms with van der Waals surface area (Å²) in [5, 5.41) is 10.0. The van der Waals surface area contributed by atoms with Crippen molar-refractivity contribution >= 4 is 112 Å². The number of thiophene rings is 2. The summed E-state index contributed by atoms with van der Waals surface area (Å²) in [7, 11) is 0. The Bertz CT molecular complexity index is 5160. The largest absolute Gasteiger partial charge is 0.309 e. The Morgan fingerprint density at radius 3 is 1.16 bits per heavy atom. The molecule has 16 aromatic rings. The topological polar surface area (TPSA) is 9.86 Å². The van der Waals surface area contributed by atoms with Gasteiger partial charge in [0, 0.05) is 51.8 Å². The van der Waals surface area contributed by atoms with E-state index in [0.29, 0.717) is 0 Å². The molecule has 0 N–H and O–H groups in total. The van der Waals surface area contributed by atoms with Crippen molar-refractivity contribution < 1.29 is 0 Å². The Hall–Kier alpha value is -10.4.